The average molecular weight is 204 g/mol. The number of nitrogens with zero attached hydrogens (tertiary/aromatic N) is 1. The van der Waals surface area contributed by atoms with Gasteiger partial charge in [0.15, 0.2) is 5.71 Å². The van der Waals surface area contributed by atoms with Gasteiger partial charge in [-0.15, -0.1) is 0 Å². The molecule has 4 heteroatoms. The lowest BCUT2D eigenvalue weighted by atomic mass is 10.3. The molecule has 0 spiro atoms. The Balaban J connectivity index is 2.71. The molecule has 0 aliphatic rings. The molecule has 1 N–H and O–H groups in total. The highest BCUT2D eigenvalue weighted by atomic mass is 16.6. The normalized spacial score (nSPS) is 10.6. The van der Waals surface area contributed by atoms with Gasteiger partial charge in [0.25, 0.3) is 5.91 Å². The van der Waals surface area contributed by atoms with Crippen LogP contribution in [0.3, 0.4) is 0 Å². The van der Waals surface area contributed by atoms with Crippen molar-refractivity contribution in [3.8, 4) is 0 Å². The maximum absolute atomic E-state index is 11.5. The summed E-state index contributed by atoms with van der Waals surface area (Å²) in [5.74, 6) is -0.349. The van der Waals surface area contributed by atoms with Crippen LogP contribution in [0.1, 0.15) is 0 Å². The molecule has 0 aromatic heterocycles. The lowest BCUT2D eigenvalue weighted by molar-refractivity contribution is -0.110. The number of para-hydroxylation sites is 1. The number of hydrogen-bond donors (Lipinski definition) is 1. The van der Waals surface area contributed by atoms with Crippen LogP contribution in [-0.2, 0) is 9.63 Å². The predicted octanol–water partition coefficient (Wildman–Crippen LogP) is 1.81. The van der Waals surface area contributed by atoms with E-state index in [0.717, 1.165) is 0 Å². The summed E-state index contributed by atoms with van der Waals surface area (Å²) in [4.78, 5) is 16.1. The second-order valence-corrected chi connectivity index (χ2v) is 2.68. The van der Waals surface area contributed by atoms with Crippen LogP contribution >= 0.6 is 0 Å². The van der Waals surface area contributed by atoms with E-state index in [2.05, 4.69) is 21.9 Å². The maximum Gasteiger partial charge on any atom is 0.277 e. The first kappa shape index (κ1) is 11.0. The highest BCUT2D eigenvalue weighted by Crippen LogP contribution is 2.04. The van der Waals surface area contributed by atoms with E-state index in [1.54, 1.807) is 12.1 Å². The zero-order valence-electron chi connectivity index (χ0n) is 8.43. The predicted molar refractivity (Wildman–Crippen MR) is 59.7 cm³/mol. The van der Waals surface area contributed by atoms with E-state index < -0.39 is 0 Å². The number of oxime groups is 1. The van der Waals surface area contributed by atoms with Crippen molar-refractivity contribution in [2.45, 2.75) is 0 Å². The van der Waals surface area contributed by atoms with Crippen LogP contribution in [0.5, 0.6) is 0 Å². The number of carbonyl (C=O) groups is 1. The molecule has 78 valence electrons. The van der Waals surface area contributed by atoms with Crippen molar-refractivity contribution < 1.29 is 9.63 Å². The molecule has 0 radical (unpaired) electrons. The van der Waals surface area contributed by atoms with Crippen LogP contribution in [0, 0.1) is 0 Å². The fourth-order valence-electron chi connectivity index (χ4n) is 0.986. The van der Waals surface area contributed by atoms with Gasteiger partial charge in [-0.05, 0) is 18.2 Å². The first-order chi connectivity index (χ1) is 7.27. The van der Waals surface area contributed by atoms with Gasteiger partial charge in [0.2, 0.25) is 0 Å². The molecule has 1 amide bonds. The van der Waals surface area contributed by atoms with Gasteiger partial charge in [0.1, 0.15) is 7.11 Å². The Morgan fingerprint density at radius 2 is 2.13 bits per heavy atom. The Kier molecular flexibility index (Phi) is 4.09. The lowest BCUT2D eigenvalue weighted by Gasteiger charge is -2.03. The summed E-state index contributed by atoms with van der Waals surface area (Å²) in [7, 11) is 1.37. The standard InChI is InChI=1S/C11H12N2O2/c1-3-10(13-15-2)11(14)12-9-7-5-4-6-8-9/h3-8H,1H2,2H3,(H,12,14)/b13-10+. The minimum Gasteiger partial charge on any atom is -0.398 e. The summed E-state index contributed by atoms with van der Waals surface area (Å²) in [6.07, 6.45) is 1.34. The molecular formula is C11H12N2O2. The molecule has 0 heterocycles. The van der Waals surface area contributed by atoms with Crippen molar-refractivity contribution in [3.05, 3.63) is 43.0 Å². The third-order valence-electron chi connectivity index (χ3n) is 1.65. The molecule has 0 aliphatic carbocycles. The van der Waals surface area contributed by atoms with Crippen molar-refractivity contribution in [3.63, 3.8) is 0 Å². The zero-order chi connectivity index (χ0) is 11.1. The van der Waals surface area contributed by atoms with Crippen LogP contribution in [0.2, 0.25) is 0 Å². The van der Waals surface area contributed by atoms with Gasteiger partial charge < -0.3 is 10.2 Å². The summed E-state index contributed by atoms with van der Waals surface area (Å²) in [6.45, 7) is 3.47. The molecule has 1 aromatic rings. The number of benzene rings is 1. The van der Waals surface area contributed by atoms with E-state index in [1.165, 1.54) is 13.2 Å². The molecule has 15 heavy (non-hydrogen) atoms. The molecule has 0 aliphatic heterocycles. The van der Waals surface area contributed by atoms with Crippen molar-refractivity contribution in [1.29, 1.82) is 0 Å². The van der Waals surface area contributed by atoms with Gasteiger partial charge in [-0.25, -0.2) is 0 Å². The topological polar surface area (TPSA) is 50.7 Å². The molecule has 0 unspecified atom stereocenters. The SMILES string of the molecule is C=C/C(=N\OC)C(=O)Nc1ccccc1. The van der Waals surface area contributed by atoms with Crippen LogP contribution < -0.4 is 5.32 Å². The smallest absolute Gasteiger partial charge is 0.277 e. The summed E-state index contributed by atoms with van der Waals surface area (Å²) >= 11 is 0. The summed E-state index contributed by atoms with van der Waals surface area (Å²) in [6, 6.07) is 9.09. The zero-order valence-corrected chi connectivity index (χ0v) is 8.43. The molecule has 1 aromatic carbocycles. The number of rotatable bonds is 4. The molecule has 0 saturated carbocycles. The quantitative estimate of drug-likeness (QED) is 0.600. The van der Waals surface area contributed by atoms with Crippen molar-refractivity contribution in [2.24, 2.45) is 5.16 Å². The third kappa shape index (κ3) is 3.27. The van der Waals surface area contributed by atoms with Gasteiger partial charge in [0, 0.05) is 5.69 Å². The first-order valence-corrected chi connectivity index (χ1v) is 4.38. The van der Waals surface area contributed by atoms with Crippen molar-refractivity contribution in [1.82, 2.24) is 0 Å². The Morgan fingerprint density at radius 3 is 2.67 bits per heavy atom. The largest absolute Gasteiger partial charge is 0.398 e. The molecule has 4 nitrogen and oxygen atoms in total. The Hall–Kier alpha value is -2.10. The molecule has 0 saturated heterocycles. The Labute approximate surface area is 88.2 Å². The molecular weight excluding hydrogens is 192 g/mol. The van der Waals surface area contributed by atoms with Crippen LogP contribution in [0.25, 0.3) is 0 Å². The Morgan fingerprint density at radius 1 is 1.47 bits per heavy atom. The van der Waals surface area contributed by atoms with Crippen LogP contribution in [-0.4, -0.2) is 18.7 Å². The number of anilines is 1. The Bertz CT molecular complexity index is 371. The third-order valence-corrected chi connectivity index (χ3v) is 1.65. The molecule has 0 atom stereocenters. The minimum atomic E-state index is -0.349. The number of hydrogen-bond acceptors (Lipinski definition) is 3. The summed E-state index contributed by atoms with van der Waals surface area (Å²) in [5, 5.41) is 6.18. The second-order valence-electron chi connectivity index (χ2n) is 2.68. The first-order valence-electron chi connectivity index (χ1n) is 4.38. The number of carbonyl (C=O) groups excluding carboxylic acids is 1. The summed E-state index contributed by atoms with van der Waals surface area (Å²) < 4.78 is 0. The fourth-order valence-corrected chi connectivity index (χ4v) is 0.986. The van der Waals surface area contributed by atoms with Crippen LogP contribution in [0.15, 0.2) is 48.1 Å². The molecule has 0 bridgehead atoms. The maximum atomic E-state index is 11.5. The molecule has 0 fully saturated rings. The highest BCUT2D eigenvalue weighted by molar-refractivity contribution is 6.46. The van der Waals surface area contributed by atoms with Gasteiger partial charge in [-0.2, -0.15) is 0 Å². The average Bonchev–Trinajstić information content (AvgIpc) is 2.27. The van der Waals surface area contributed by atoms with E-state index >= 15 is 0 Å². The van der Waals surface area contributed by atoms with Gasteiger partial charge in [-0.3, -0.25) is 4.79 Å². The van der Waals surface area contributed by atoms with Crippen molar-refractivity contribution in [2.75, 3.05) is 12.4 Å². The number of amides is 1. The monoisotopic (exact) mass is 204 g/mol. The van der Waals surface area contributed by atoms with E-state index in [0.29, 0.717) is 5.69 Å². The van der Waals surface area contributed by atoms with Gasteiger partial charge >= 0.3 is 0 Å². The van der Waals surface area contributed by atoms with E-state index in [1.807, 2.05) is 18.2 Å². The second kappa shape index (κ2) is 5.59. The van der Waals surface area contributed by atoms with Crippen LogP contribution in [0.4, 0.5) is 5.69 Å². The minimum absolute atomic E-state index is 0.140. The van der Waals surface area contributed by atoms with Gasteiger partial charge in [0.05, 0.1) is 0 Å². The van der Waals surface area contributed by atoms with Crippen molar-refractivity contribution >= 4 is 17.3 Å². The van der Waals surface area contributed by atoms with E-state index in [4.69, 9.17) is 0 Å². The highest BCUT2D eigenvalue weighted by Gasteiger charge is 2.07. The van der Waals surface area contributed by atoms with E-state index in [9.17, 15) is 4.79 Å². The fraction of sp³-hybridized carbons (Fsp3) is 0.0909. The lowest BCUT2D eigenvalue weighted by Crippen LogP contribution is -2.21. The number of nitrogens with one attached hydrogen (secondary N) is 1. The summed E-state index contributed by atoms with van der Waals surface area (Å²) in [5.41, 5.74) is 0.842. The molecule has 1 rings (SSSR count). The van der Waals surface area contributed by atoms with E-state index in [-0.39, 0.29) is 11.6 Å². The van der Waals surface area contributed by atoms with Gasteiger partial charge in [-0.1, -0.05) is 29.9 Å².